The molecule has 2 aromatic carbocycles. The van der Waals surface area contributed by atoms with E-state index in [0.717, 1.165) is 22.4 Å². The summed E-state index contributed by atoms with van der Waals surface area (Å²) in [6.45, 7) is 4.97. The lowest BCUT2D eigenvalue weighted by molar-refractivity contribution is 0.291. The second kappa shape index (κ2) is 4.78. The molecule has 0 radical (unpaired) electrons. The highest BCUT2D eigenvalue weighted by Crippen LogP contribution is 2.41. The molecule has 0 amide bonds. The van der Waals surface area contributed by atoms with E-state index in [2.05, 4.69) is 19.9 Å². The van der Waals surface area contributed by atoms with Crippen LogP contribution in [0.2, 0.25) is 0 Å². The molecule has 0 aromatic heterocycles. The highest BCUT2D eigenvalue weighted by Gasteiger charge is 2.32. The number of ether oxygens (including phenoxy) is 1. The van der Waals surface area contributed by atoms with Crippen LogP contribution in [0.1, 0.15) is 35.9 Å². The van der Waals surface area contributed by atoms with E-state index in [4.69, 9.17) is 16.3 Å². The topological polar surface area (TPSA) is 9.23 Å². The van der Waals surface area contributed by atoms with Crippen LogP contribution in [0.4, 0.5) is 4.39 Å². The molecule has 3 heteroatoms. The molecule has 104 valence electrons. The second-order valence-electron chi connectivity index (χ2n) is 5.85. The third-order valence-corrected chi connectivity index (χ3v) is 4.26. The molecule has 1 atom stereocenters. The maximum absolute atomic E-state index is 13.3. The van der Waals surface area contributed by atoms with Crippen LogP contribution in [0.5, 0.6) is 5.75 Å². The molecule has 0 fully saturated rings. The number of alkyl halides is 1. The zero-order chi connectivity index (χ0) is 14.3. The summed E-state index contributed by atoms with van der Waals surface area (Å²) in [5.74, 6) is 0.653. The molecule has 1 heterocycles. The Bertz CT molecular complexity index is 651. The maximum atomic E-state index is 13.3. The van der Waals surface area contributed by atoms with E-state index in [-0.39, 0.29) is 16.6 Å². The van der Waals surface area contributed by atoms with Gasteiger partial charge in [-0.15, -0.1) is 11.6 Å². The molecule has 1 nitrogen and oxygen atoms in total. The summed E-state index contributed by atoms with van der Waals surface area (Å²) < 4.78 is 19.0. The fraction of sp³-hybridized carbons (Fsp3) is 0.294. The highest BCUT2D eigenvalue weighted by atomic mass is 35.5. The van der Waals surface area contributed by atoms with Gasteiger partial charge in [-0.3, -0.25) is 0 Å². The van der Waals surface area contributed by atoms with Crippen LogP contribution in [0.3, 0.4) is 0 Å². The van der Waals surface area contributed by atoms with Crippen molar-refractivity contribution in [1.29, 1.82) is 0 Å². The largest absolute Gasteiger partial charge is 0.492 e. The zero-order valence-electron chi connectivity index (χ0n) is 11.5. The predicted molar refractivity (Wildman–Crippen MR) is 79.1 cm³/mol. The lowest BCUT2D eigenvalue weighted by atomic mass is 9.85. The van der Waals surface area contributed by atoms with E-state index in [0.29, 0.717) is 6.61 Å². The van der Waals surface area contributed by atoms with Crippen molar-refractivity contribution in [3.8, 4) is 5.75 Å². The minimum atomic E-state index is -0.354. The van der Waals surface area contributed by atoms with Gasteiger partial charge in [0.1, 0.15) is 11.6 Å². The fourth-order valence-electron chi connectivity index (χ4n) is 2.55. The Balaban J connectivity index is 1.99. The minimum Gasteiger partial charge on any atom is -0.492 e. The Morgan fingerprint density at radius 3 is 2.65 bits per heavy atom. The van der Waals surface area contributed by atoms with Gasteiger partial charge in [-0.05, 0) is 35.4 Å². The standard InChI is InChI=1S/C17H16ClFO/c1-17(2)10-20-15-7-6-12(9-14(15)17)16(18)11-4-3-5-13(19)8-11/h3-9,16H,10H2,1-2H3. The Morgan fingerprint density at radius 2 is 1.90 bits per heavy atom. The first-order chi connectivity index (χ1) is 9.47. The van der Waals surface area contributed by atoms with Crippen molar-refractivity contribution in [3.63, 3.8) is 0 Å². The van der Waals surface area contributed by atoms with Crippen molar-refractivity contribution in [2.45, 2.75) is 24.6 Å². The summed E-state index contributed by atoms with van der Waals surface area (Å²) >= 11 is 6.49. The third kappa shape index (κ3) is 2.29. The van der Waals surface area contributed by atoms with Gasteiger partial charge < -0.3 is 4.74 Å². The van der Waals surface area contributed by atoms with Gasteiger partial charge in [0.15, 0.2) is 0 Å². The van der Waals surface area contributed by atoms with E-state index in [9.17, 15) is 4.39 Å². The number of fused-ring (bicyclic) bond motifs is 1. The smallest absolute Gasteiger partial charge is 0.123 e. The van der Waals surface area contributed by atoms with Gasteiger partial charge in [0.25, 0.3) is 0 Å². The van der Waals surface area contributed by atoms with Gasteiger partial charge in [0.05, 0.1) is 12.0 Å². The SMILES string of the molecule is CC1(C)COc2ccc(C(Cl)c3cccc(F)c3)cc21. The molecule has 1 unspecified atom stereocenters. The van der Waals surface area contributed by atoms with Crippen LogP contribution in [0.25, 0.3) is 0 Å². The Hall–Kier alpha value is -1.54. The van der Waals surface area contributed by atoms with Crippen LogP contribution >= 0.6 is 11.6 Å². The van der Waals surface area contributed by atoms with Crippen molar-refractivity contribution in [2.75, 3.05) is 6.61 Å². The Labute approximate surface area is 123 Å². The monoisotopic (exact) mass is 290 g/mol. The molecule has 0 bridgehead atoms. The van der Waals surface area contributed by atoms with Gasteiger partial charge >= 0.3 is 0 Å². The quantitative estimate of drug-likeness (QED) is 0.720. The fourth-order valence-corrected chi connectivity index (χ4v) is 2.82. The predicted octanol–water partition coefficient (Wildman–Crippen LogP) is 4.82. The molecular weight excluding hydrogens is 275 g/mol. The molecule has 3 rings (SSSR count). The molecule has 0 saturated carbocycles. The normalized spacial score (nSPS) is 17.4. The molecule has 0 aliphatic carbocycles. The van der Waals surface area contributed by atoms with Gasteiger partial charge in [-0.2, -0.15) is 0 Å². The molecule has 0 N–H and O–H groups in total. The van der Waals surface area contributed by atoms with Crippen LogP contribution in [-0.4, -0.2) is 6.61 Å². The number of hydrogen-bond donors (Lipinski definition) is 0. The van der Waals surface area contributed by atoms with Crippen LogP contribution < -0.4 is 4.74 Å². The molecular formula is C17H16ClFO. The van der Waals surface area contributed by atoms with Crippen molar-refractivity contribution in [1.82, 2.24) is 0 Å². The van der Waals surface area contributed by atoms with Gasteiger partial charge in [0.2, 0.25) is 0 Å². The number of halogens is 2. The molecule has 1 aliphatic rings. The van der Waals surface area contributed by atoms with Crippen molar-refractivity contribution in [3.05, 3.63) is 65.0 Å². The lowest BCUT2D eigenvalue weighted by Gasteiger charge is -2.17. The summed E-state index contributed by atoms with van der Waals surface area (Å²) in [7, 11) is 0. The van der Waals surface area contributed by atoms with Crippen molar-refractivity contribution < 1.29 is 9.13 Å². The van der Waals surface area contributed by atoms with E-state index >= 15 is 0 Å². The first kappa shape index (κ1) is 13.4. The molecule has 20 heavy (non-hydrogen) atoms. The van der Waals surface area contributed by atoms with Gasteiger partial charge in [-0.1, -0.05) is 32.0 Å². The third-order valence-electron chi connectivity index (χ3n) is 3.76. The first-order valence-electron chi connectivity index (χ1n) is 6.64. The zero-order valence-corrected chi connectivity index (χ0v) is 12.2. The molecule has 0 saturated heterocycles. The minimum absolute atomic E-state index is 0.0100. The summed E-state index contributed by atoms with van der Waals surface area (Å²) in [5.41, 5.74) is 2.89. The number of hydrogen-bond acceptors (Lipinski definition) is 1. The summed E-state index contributed by atoms with van der Waals surface area (Å²) in [6, 6.07) is 12.4. The van der Waals surface area contributed by atoms with Crippen LogP contribution in [0, 0.1) is 5.82 Å². The number of rotatable bonds is 2. The maximum Gasteiger partial charge on any atom is 0.123 e. The summed E-state index contributed by atoms with van der Waals surface area (Å²) in [6.07, 6.45) is 0. The molecule has 2 aromatic rings. The second-order valence-corrected chi connectivity index (χ2v) is 6.28. The van der Waals surface area contributed by atoms with Crippen LogP contribution in [0.15, 0.2) is 42.5 Å². The van der Waals surface area contributed by atoms with E-state index < -0.39 is 0 Å². The Kier molecular flexibility index (Phi) is 3.21. The van der Waals surface area contributed by atoms with E-state index in [1.54, 1.807) is 6.07 Å². The van der Waals surface area contributed by atoms with E-state index in [1.807, 2.05) is 18.2 Å². The highest BCUT2D eigenvalue weighted by molar-refractivity contribution is 6.22. The first-order valence-corrected chi connectivity index (χ1v) is 7.08. The van der Waals surface area contributed by atoms with Crippen molar-refractivity contribution >= 4 is 11.6 Å². The molecule has 0 spiro atoms. The number of benzene rings is 2. The van der Waals surface area contributed by atoms with Gasteiger partial charge in [-0.25, -0.2) is 4.39 Å². The summed E-state index contributed by atoms with van der Waals surface area (Å²) in [4.78, 5) is 0. The Morgan fingerprint density at radius 1 is 1.15 bits per heavy atom. The van der Waals surface area contributed by atoms with E-state index in [1.165, 1.54) is 12.1 Å². The average Bonchev–Trinajstić information content (AvgIpc) is 2.73. The molecule has 1 aliphatic heterocycles. The summed E-state index contributed by atoms with van der Waals surface area (Å²) in [5, 5.41) is -0.354. The van der Waals surface area contributed by atoms with Crippen molar-refractivity contribution in [2.24, 2.45) is 0 Å². The average molecular weight is 291 g/mol. The van der Waals surface area contributed by atoms with Crippen LogP contribution in [-0.2, 0) is 5.41 Å². The lowest BCUT2D eigenvalue weighted by Crippen LogP contribution is -2.18. The van der Waals surface area contributed by atoms with Gasteiger partial charge in [0, 0.05) is 11.0 Å².